The molecule has 0 saturated heterocycles. The number of methoxy groups -OCH3 is 1. The molecule has 2 aromatic heterocycles. The number of hydrogen-bond donors (Lipinski definition) is 2. The van der Waals surface area contributed by atoms with Crippen LogP contribution in [0.3, 0.4) is 0 Å². The minimum Gasteiger partial charge on any atom is -0.465 e. The molecule has 11 heteroatoms. The van der Waals surface area contributed by atoms with E-state index >= 15 is 0 Å². The molecule has 0 aliphatic carbocycles. The lowest BCUT2D eigenvalue weighted by atomic mass is 10.1. The molecule has 2 N–H and O–H groups in total. The second-order valence-electron chi connectivity index (χ2n) is 7.04. The minimum atomic E-state index is -0.641. The highest BCUT2D eigenvalue weighted by molar-refractivity contribution is 7.80. The van der Waals surface area contributed by atoms with Crippen LogP contribution in [-0.4, -0.2) is 29.1 Å². The van der Waals surface area contributed by atoms with Crippen molar-refractivity contribution in [2.75, 3.05) is 12.4 Å². The Hall–Kier alpha value is -3.60. The van der Waals surface area contributed by atoms with Crippen molar-refractivity contribution in [2.45, 2.75) is 6.42 Å². The van der Waals surface area contributed by atoms with Crippen LogP contribution in [0.2, 0.25) is 0 Å². The Kier molecular flexibility index (Phi) is 8.69. The number of amides is 1. The number of rotatable bonds is 6. The second kappa shape index (κ2) is 11.7. The Morgan fingerprint density at radius 1 is 1.09 bits per heavy atom. The first-order valence-electron chi connectivity index (χ1n) is 10.0. The van der Waals surface area contributed by atoms with Crippen LogP contribution in [-0.2, 0) is 16.0 Å². The average molecular weight is 532 g/mol. The third-order valence-electron chi connectivity index (χ3n) is 4.63. The monoisotopic (exact) mass is 531 g/mol. The van der Waals surface area contributed by atoms with Crippen LogP contribution in [0.25, 0.3) is 10.2 Å². The van der Waals surface area contributed by atoms with Gasteiger partial charge < -0.3 is 20.1 Å². The summed E-state index contributed by atoms with van der Waals surface area (Å²) in [5.74, 6) is -1.08. The fraction of sp³-hybridized carbons (Fsp3) is 0.0833. The van der Waals surface area contributed by atoms with E-state index in [-0.39, 0.29) is 35.6 Å². The molecule has 2 heterocycles. The molecule has 4 rings (SSSR count). The predicted molar refractivity (Wildman–Crippen MR) is 139 cm³/mol. The van der Waals surface area contributed by atoms with Gasteiger partial charge in [0.25, 0.3) is 0 Å². The van der Waals surface area contributed by atoms with Crippen molar-refractivity contribution in [1.29, 1.82) is 0 Å². The molecule has 1 amide bonds. The van der Waals surface area contributed by atoms with E-state index in [2.05, 4.69) is 15.6 Å². The van der Waals surface area contributed by atoms with Gasteiger partial charge in [0.15, 0.2) is 16.7 Å². The number of pyridine rings is 1. The third-order valence-corrected chi connectivity index (χ3v) is 5.96. The highest BCUT2D eigenvalue weighted by atomic mass is 35.5. The van der Waals surface area contributed by atoms with Crippen LogP contribution in [0.15, 0.2) is 66.9 Å². The van der Waals surface area contributed by atoms with Crippen molar-refractivity contribution in [3.63, 3.8) is 0 Å². The van der Waals surface area contributed by atoms with Gasteiger partial charge in [-0.3, -0.25) is 9.78 Å². The van der Waals surface area contributed by atoms with E-state index in [1.165, 1.54) is 25.4 Å². The van der Waals surface area contributed by atoms with Crippen LogP contribution in [0.5, 0.6) is 11.5 Å². The zero-order valence-corrected chi connectivity index (χ0v) is 20.7. The molecule has 0 saturated carbocycles. The van der Waals surface area contributed by atoms with Gasteiger partial charge in [0.1, 0.15) is 10.6 Å². The summed E-state index contributed by atoms with van der Waals surface area (Å²) in [7, 11) is 1.29. The summed E-state index contributed by atoms with van der Waals surface area (Å²) in [5, 5.41) is 5.41. The topological polar surface area (TPSA) is 89.6 Å². The number of nitrogens with zero attached hydrogens (tertiary/aromatic N) is 1. The van der Waals surface area contributed by atoms with Crippen molar-refractivity contribution < 1.29 is 23.5 Å². The molecule has 7 nitrogen and oxygen atoms in total. The number of halogens is 2. The Balaban J connectivity index is 0.00000342. The third kappa shape index (κ3) is 6.50. The number of carbonyl (C=O) groups excluding carboxylic acids is 2. The number of ether oxygens (including phenoxy) is 2. The average Bonchev–Trinajstić information content (AvgIpc) is 3.26. The number of esters is 1. The van der Waals surface area contributed by atoms with Gasteiger partial charge in [0.05, 0.1) is 23.7 Å². The molecule has 180 valence electrons. The van der Waals surface area contributed by atoms with Crippen LogP contribution >= 0.6 is 36.0 Å². The largest absolute Gasteiger partial charge is 0.465 e. The predicted octanol–water partition coefficient (Wildman–Crippen LogP) is 5.49. The molecular weight excluding hydrogens is 513 g/mol. The normalized spacial score (nSPS) is 10.2. The smallest absolute Gasteiger partial charge is 0.348 e. The number of thiophene rings is 1. The minimum absolute atomic E-state index is 0. The molecule has 0 fully saturated rings. The van der Waals surface area contributed by atoms with Gasteiger partial charge in [0, 0.05) is 24.0 Å². The number of anilines is 1. The highest BCUT2D eigenvalue weighted by Crippen LogP contribution is 2.36. The molecule has 0 aliphatic rings. The fourth-order valence-corrected chi connectivity index (χ4v) is 4.31. The summed E-state index contributed by atoms with van der Waals surface area (Å²) in [5.41, 5.74) is 1.74. The van der Waals surface area contributed by atoms with E-state index < -0.39 is 11.8 Å². The maximum absolute atomic E-state index is 14.7. The number of carbonyl (C=O) groups is 2. The fourth-order valence-electron chi connectivity index (χ4n) is 3.09. The zero-order chi connectivity index (χ0) is 24.1. The number of fused-ring (bicyclic) bond motifs is 1. The first-order valence-corrected chi connectivity index (χ1v) is 11.2. The summed E-state index contributed by atoms with van der Waals surface area (Å²) in [6.07, 6.45) is 1.68. The number of aromatic nitrogens is 1. The molecule has 35 heavy (non-hydrogen) atoms. The molecule has 4 aromatic rings. The van der Waals surface area contributed by atoms with E-state index in [0.717, 1.165) is 16.9 Å². The number of thiocarbonyl (C=S) groups is 1. The van der Waals surface area contributed by atoms with E-state index in [1.807, 2.05) is 30.3 Å². The first kappa shape index (κ1) is 26.0. The maximum Gasteiger partial charge on any atom is 0.348 e. The van der Waals surface area contributed by atoms with Crippen LogP contribution in [0, 0.1) is 5.82 Å². The van der Waals surface area contributed by atoms with E-state index in [0.29, 0.717) is 26.5 Å². The lowest BCUT2D eigenvalue weighted by Crippen LogP contribution is -2.35. The first-order chi connectivity index (χ1) is 16.4. The SMILES string of the molecule is COC(=O)c1cc2nccc(Oc3ccc(NC(=S)NC(=O)Cc4ccccc4)cc3F)c2s1.Cl. The molecule has 0 aliphatic heterocycles. The second-order valence-corrected chi connectivity index (χ2v) is 8.50. The van der Waals surface area contributed by atoms with Gasteiger partial charge in [-0.1, -0.05) is 30.3 Å². The maximum atomic E-state index is 14.7. The molecule has 0 atom stereocenters. The van der Waals surface area contributed by atoms with Gasteiger partial charge in [0.2, 0.25) is 5.91 Å². The number of benzene rings is 2. The quantitative estimate of drug-likeness (QED) is 0.251. The van der Waals surface area contributed by atoms with Crippen molar-refractivity contribution in [3.05, 3.63) is 83.1 Å². The van der Waals surface area contributed by atoms with Gasteiger partial charge >= 0.3 is 5.97 Å². The van der Waals surface area contributed by atoms with Crippen LogP contribution in [0.1, 0.15) is 15.2 Å². The van der Waals surface area contributed by atoms with E-state index in [9.17, 15) is 14.0 Å². The lowest BCUT2D eigenvalue weighted by molar-refractivity contribution is -0.119. The van der Waals surface area contributed by atoms with Gasteiger partial charge in [-0.15, -0.1) is 23.7 Å². The Morgan fingerprint density at radius 2 is 1.86 bits per heavy atom. The lowest BCUT2D eigenvalue weighted by Gasteiger charge is -2.12. The standard InChI is InChI=1S/C24H18FN3O4S2.ClH/c1-31-23(30)20-13-17-22(34-20)19(9-10-26-17)32-18-8-7-15(12-16(18)25)27-24(33)28-21(29)11-14-5-3-2-4-6-14;/h2-10,12-13H,11H2,1H3,(H2,27,28,29,33);1H. The number of hydrogen-bond acceptors (Lipinski definition) is 7. The molecule has 0 bridgehead atoms. The molecule has 2 aromatic carbocycles. The summed E-state index contributed by atoms with van der Waals surface area (Å²) in [6, 6.07) is 16.6. The Labute approximate surface area is 215 Å². The van der Waals surface area contributed by atoms with Gasteiger partial charge in [-0.25, -0.2) is 9.18 Å². The van der Waals surface area contributed by atoms with Gasteiger partial charge in [-0.05, 0) is 36.0 Å². The van der Waals surface area contributed by atoms with Gasteiger partial charge in [-0.2, -0.15) is 0 Å². The molecule has 0 spiro atoms. The van der Waals surface area contributed by atoms with E-state index in [1.54, 1.807) is 18.2 Å². The van der Waals surface area contributed by atoms with E-state index in [4.69, 9.17) is 21.7 Å². The molecular formula is C24H19ClFN3O4S2. The summed E-state index contributed by atoms with van der Waals surface area (Å²) < 4.78 is 25.8. The van der Waals surface area contributed by atoms with Crippen LogP contribution < -0.4 is 15.4 Å². The highest BCUT2D eigenvalue weighted by Gasteiger charge is 2.16. The van der Waals surface area contributed by atoms with Crippen molar-refractivity contribution >= 4 is 68.9 Å². The molecule has 0 radical (unpaired) electrons. The summed E-state index contributed by atoms with van der Waals surface area (Å²) in [6.45, 7) is 0. The Bertz CT molecular complexity index is 1380. The summed E-state index contributed by atoms with van der Waals surface area (Å²) in [4.78, 5) is 28.5. The van der Waals surface area contributed by atoms with Crippen molar-refractivity contribution in [2.24, 2.45) is 0 Å². The zero-order valence-electron chi connectivity index (χ0n) is 18.2. The van der Waals surface area contributed by atoms with Crippen molar-refractivity contribution in [1.82, 2.24) is 10.3 Å². The van der Waals surface area contributed by atoms with Crippen LogP contribution in [0.4, 0.5) is 10.1 Å². The summed E-state index contributed by atoms with van der Waals surface area (Å²) >= 11 is 6.30. The number of nitrogens with one attached hydrogen (secondary N) is 2. The Morgan fingerprint density at radius 3 is 2.57 bits per heavy atom. The molecule has 0 unspecified atom stereocenters. The van der Waals surface area contributed by atoms with Crippen molar-refractivity contribution in [3.8, 4) is 11.5 Å².